The Labute approximate surface area is 233 Å². The summed E-state index contributed by atoms with van der Waals surface area (Å²) in [5.41, 5.74) is 9.38. The summed E-state index contributed by atoms with van der Waals surface area (Å²) < 4.78 is 50.7. The molecule has 8 nitrogen and oxygen atoms in total. The average Bonchev–Trinajstić information content (AvgIpc) is 3.33. The number of alkyl halides is 3. The predicted molar refractivity (Wildman–Crippen MR) is 146 cm³/mol. The second-order valence-electron chi connectivity index (χ2n) is 11.8. The van der Waals surface area contributed by atoms with Gasteiger partial charge in [-0.3, -0.25) is 0 Å². The van der Waals surface area contributed by atoms with Crippen molar-refractivity contribution in [2.75, 3.05) is 18.5 Å². The smallest absolute Gasteiger partial charge is 0.391 e. The normalized spacial score (nSPS) is 28.6. The minimum Gasteiger partial charge on any atom is -0.473 e. The molecule has 0 aromatic carbocycles. The van der Waals surface area contributed by atoms with Crippen molar-refractivity contribution in [3.8, 4) is 5.88 Å². The van der Waals surface area contributed by atoms with Crippen LogP contribution in [0, 0.1) is 5.92 Å². The van der Waals surface area contributed by atoms with Crippen molar-refractivity contribution >= 4 is 16.9 Å². The molecule has 1 saturated carbocycles. The Kier molecular flexibility index (Phi) is 9.11. The number of rotatable bonds is 8. The third-order valence-corrected chi connectivity index (χ3v) is 8.28. The number of fused-ring (bicyclic) bond motifs is 1. The van der Waals surface area contributed by atoms with Crippen molar-refractivity contribution in [1.82, 2.24) is 15.0 Å². The van der Waals surface area contributed by atoms with Crippen molar-refractivity contribution in [3.05, 3.63) is 29.6 Å². The Bertz CT molecular complexity index is 1180. The minimum atomic E-state index is -4.29. The second-order valence-corrected chi connectivity index (χ2v) is 11.8. The third-order valence-electron chi connectivity index (χ3n) is 8.28. The molecule has 2 aromatic heterocycles. The minimum absolute atomic E-state index is 0.0255. The highest BCUT2D eigenvalue weighted by Crippen LogP contribution is 2.38. The molecule has 2 aromatic rings. The topological polar surface area (TPSA) is 115 Å². The lowest BCUT2D eigenvalue weighted by molar-refractivity contribution is -0.136. The van der Waals surface area contributed by atoms with Gasteiger partial charge in [-0.2, -0.15) is 13.2 Å². The summed E-state index contributed by atoms with van der Waals surface area (Å²) in [6.45, 7) is 3.09. The summed E-state index contributed by atoms with van der Waals surface area (Å²) in [5.74, 6) is 1.23. The maximum Gasteiger partial charge on any atom is 0.391 e. The molecular formula is C29H40F3N5O3. The zero-order chi connectivity index (χ0) is 28.3. The fourth-order valence-electron chi connectivity index (χ4n) is 6.26. The monoisotopic (exact) mass is 563 g/mol. The molecule has 1 saturated heterocycles. The third kappa shape index (κ3) is 7.61. The molecule has 4 atom stereocenters. The summed E-state index contributed by atoms with van der Waals surface area (Å²) in [5, 5.41) is 13.4. The van der Waals surface area contributed by atoms with E-state index in [0.717, 1.165) is 57.3 Å². The van der Waals surface area contributed by atoms with Gasteiger partial charge in [0, 0.05) is 56.1 Å². The van der Waals surface area contributed by atoms with Gasteiger partial charge in [0.25, 0.3) is 0 Å². The number of ether oxygens (including phenoxy) is 2. The van der Waals surface area contributed by atoms with Crippen molar-refractivity contribution < 1.29 is 27.8 Å². The van der Waals surface area contributed by atoms with Gasteiger partial charge in [-0.05, 0) is 63.7 Å². The molecular weight excluding hydrogens is 523 g/mol. The van der Waals surface area contributed by atoms with E-state index < -0.39 is 18.6 Å². The van der Waals surface area contributed by atoms with Crippen molar-refractivity contribution in [2.45, 2.75) is 108 Å². The Hall–Kier alpha value is -2.50. The summed E-state index contributed by atoms with van der Waals surface area (Å²) >= 11 is 0. The molecule has 11 heteroatoms. The molecule has 3 aliphatic rings. The molecule has 2 fully saturated rings. The van der Waals surface area contributed by atoms with Crippen LogP contribution in [0.1, 0.15) is 82.6 Å². The Morgan fingerprint density at radius 2 is 1.98 bits per heavy atom. The first-order valence-corrected chi connectivity index (χ1v) is 14.5. The number of hydrogen-bond donors (Lipinski definition) is 3. The number of hydrogen-bond acceptors (Lipinski definition) is 8. The molecule has 0 spiro atoms. The summed E-state index contributed by atoms with van der Waals surface area (Å²) in [6, 6.07) is -0.907. The van der Waals surface area contributed by atoms with Crippen LogP contribution >= 0.6 is 0 Å². The lowest BCUT2D eigenvalue weighted by Gasteiger charge is -2.27. The standard InChI is InChI=1S/C29H40F3N5O3/c1-17(13-29(30,31)32)36-28-35-15-25-26(37-28)24(20-3-5-22(38)6-4-20)14-34-27(25)40-23-7-2-18(11-21(33)12-23)10-19-8-9-39-16-19/h2,14-15,17,19-23,38H,3-13,16,33H2,1H3,(H,35,36,37)/t17-,19-,20?,21+,22?,23-/m0/s1. The number of pyridine rings is 1. The molecule has 0 amide bonds. The Balaban J connectivity index is 1.39. The number of halogens is 3. The molecule has 1 aliphatic heterocycles. The molecule has 3 heterocycles. The van der Waals surface area contributed by atoms with Gasteiger partial charge in [0.1, 0.15) is 6.10 Å². The lowest BCUT2D eigenvalue weighted by Crippen LogP contribution is -2.28. The Morgan fingerprint density at radius 3 is 2.70 bits per heavy atom. The van der Waals surface area contributed by atoms with Crippen molar-refractivity contribution in [3.63, 3.8) is 0 Å². The van der Waals surface area contributed by atoms with E-state index in [4.69, 9.17) is 15.2 Å². The molecule has 0 radical (unpaired) electrons. The van der Waals surface area contributed by atoms with Gasteiger partial charge < -0.3 is 25.6 Å². The first kappa shape index (κ1) is 29.0. The SMILES string of the molecule is C[C@@H](CC(F)(F)F)Nc1ncc2c(O[C@H]3CC=C(C[C@@H]4CCOC4)C[C@@H](N)C3)ncc(C3CCC(O)CC3)c2n1. The molecule has 0 bridgehead atoms. The summed E-state index contributed by atoms with van der Waals surface area (Å²) in [6.07, 6.45) is 7.12. The highest BCUT2D eigenvalue weighted by atomic mass is 19.4. The average molecular weight is 564 g/mol. The van der Waals surface area contributed by atoms with Gasteiger partial charge in [0.15, 0.2) is 0 Å². The number of aliphatic hydroxyl groups is 1. The van der Waals surface area contributed by atoms with E-state index in [9.17, 15) is 18.3 Å². The largest absolute Gasteiger partial charge is 0.473 e. The van der Waals surface area contributed by atoms with Crippen LogP contribution in [0.5, 0.6) is 5.88 Å². The van der Waals surface area contributed by atoms with Gasteiger partial charge in [0.2, 0.25) is 11.8 Å². The van der Waals surface area contributed by atoms with E-state index in [1.165, 1.54) is 12.5 Å². The van der Waals surface area contributed by atoms with Gasteiger partial charge in [-0.25, -0.2) is 15.0 Å². The first-order chi connectivity index (χ1) is 19.1. The van der Waals surface area contributed by atoms with Gasteiger partial charge in [0.05, 0.1) is 23.4 Å². The first-order valence-electron chi connectivity index (χ1n) is 14.5. The van der Waals surface area contributed by atoms with E-state index >= 15 is 0 Å². The molecule has 0 unspecified atom stereocenters. The maximum atomic E-state index is 12.9. The van der Waals surface area contributed by atoms with Crippen LogP contribution in [0.4, 0.5) is 19.1 Å². The quantitative estimate of drug-likeness (QED) is 0.366. The highest BCUT2D eigenvalue weighted by molar-refractivity contribution is 5.86. The van der Waals surface area contributed by atoms with E-state index in [2.05, 4.69) is 26.3 Å². The van der Waals surface area contributed by atoms with E-state index in [-0.39, 0.29) is 30.1 Å². The molecule has 220 valence electrons. The van der Waals surface area contributed by atoms with Crippen LogP contribution in [0.3, 0.4) is 0 Å². The van der Waals surface area contributed by atoms with Crippen LogP contribution in [0.15, 0.2) is 24.0 Å². The van der Waals surface area contributed by atoms with Crippen LogP contribution in [0.25, 0.3) is 10.9 Å². The lowest BCUT2D eigenvalue weighted by atomic mass is 9.83. The molecule has 2 aliphatic carbocycles. The Morgan fingerprint density at radius 1 is 1.18 bits per heavy atom. The van der Waals surface area contributed by atoms with Crippen LogP contribution in [-0.2, 0) is 4.74 Å². The molecule has 4 N–H and O–H groups in total. The van der Waals surface area contributed by atoms with Crippen molar-refractivity contribution in [2.24, 2.45) is 11.7 Å². The maximum absolute atomic E-state index is 12.9. The number of aliphatic hydroxyl groups excluding tert-OH is 1. The highest BCUT2D eigenvalue weighted by Gasteiger charge is 2.31. The zero-order valence-corrected chi connectivity index (χ0v) is 23.0. The predicted octanol–water partition coefficient (Wildman–Crippen LogP) is 5.41. The number of nitrogens with zero attached hydrogens (tertiary/aromatic N) is 3. The number of nitrogens with two attached hydrogens (primary N) is 1. The summed E-state index contributed by atoms with van der Waals surface area (Å²) in [4.78, 5) is 13.7. The van der Waals surface area contributed by atoms with Crippen LogP contribution in [-0.4, -0.2) is 63.7 Å². The zero-order valence-electron chi connectivity index (χ0n) is 23.0. The van der Waals surface area contributed by atoms with Crippen LogP contribution < -0.4 is 15.8 Å². The molecule has 5 rings (SSSR count). The van der Waals surface area contributed by atoms with Crippen LogP contribution in [0.2, 0.25) is 0 Å². The van der Waals surface area contributed by atoms with Gasteiger partial charge in [-0.1, -0.05) is 11.6 Å². The van der Waals surface area contributed by atoms with E-state index in [0.29, 0.717) is 42.0 Å². The van der Waals surface area contributed by atoms with Gasteiger partial charge in [-0.15, -0.1) is 0 Å². The van der Waals surface area contributed by atoms with E-state index in [1.54, 1.807) is 12.4 Å². The number of aromatic nitrogens is 3. The van der Waals surface area contributed by atoms with Crippen molar-refractivity contribution in [1.29, 1.82) is 0 Å². The summed E-state index contributed by atoms with van der Waals surface area (Å²) in [7, 11) is 0. The fourth-order valence-corrected chi connectivity index (χ4v) is 6.26. The number of anilines is 1. The second kappa shape index (κ2) is 12.6. The number of nitrogens with one attached hydrogen (secondary N) is 1. The van der Waals surface area contributed by atoms with Gasteiger partial charge >= 0.3 is 6.18 Å². The molecule has 40 heavy (non-hydrogen) atoms. The van der Waals surface area contributed by atoms with E-state index in [1.807, 2.05) is 0 Å². The fraction of sp³-hybridized carbons (Fsp3) is 0.690.